The zero-order chi connectivity index (χ0) is 20.1. The molecule has 3 amide bonds. The van der Waals surface area contributed by atoms with Gasteiger partial charge in [-0.3, -0.25) is 10.1 Å². The Balaban J connectivity index is 1.75. The van der Waals surface area contributed by atoms with Gasteiger partial charge >= 0.3 is 6.03 Å². The Morgan fingerprint density at radius 1 is 1.36 bits per heavy atom. The number of nitrogens with zero attached hydrogens (tertiary/aromatic N) is 4. The number of aliphatic imine (C=N–C) groups is 1. The Hall–Kier alpha value is -3.20. The first-order valence-electron chi connectivity index (χ1n) is 8.95. The SMILES string of the molecule is COCCN1C(N/N=C(C)/C=C/c2ccccc2)=NC2C1C(=O)NC(=O)N2C. The molecule has 9 nitrogen and oxygen atoms in total. The highest BCUT2D eigenvalue weighted by molar-refractivity contribution is 6.04. The van der Waals surface area contributed by atoms with Gasteiger partial charge in [0.25, 0.3) is 5.91 Å². The number of likely N-dealkylation sites (N-methyl/N-ethyl adjacent to an activating group) is 1. The number of guanidine groups is 1. The smallest absolute Gasteiger partial charge is 0.325 e. The van der Waals surface area contributed by atoms with Crippen molar-refractivity contribution in [1.82, 2.24) is 20.5 Å². The van der Waals surface area contributed by atoms with Gasteiger partial charge in [-0.25, -0.2) is 15.2 Å². The van der Waals surface area contributed by atoms with Crippen molar-refractivity contribution in [2.45, 2.75) is 19.1 Å². The van der Waals surface area contributed by atoms with Crippen LogP contribution in [0.15, 0.2) is 46.5 Å². The third kappa shape index (κ3) is 4.20. The van der Waals surface area contributed by atoms with E-state index in [2.05, 4.69) is 20.8 Å². The van der Waals surface area contributed by atoms with Gasteiger partial charge in [0.1, 0.15) is 0 Å². The molecule has 28 heavy (non-hydrogen) atoms. The van der Waals surface area contributed by atoms with Crippen molar-refractivity contribution in [2.75, 3.05) is 27.3 Å². The molecular weight excluding hydrogens is 360 g/mol. The standard InChI is InChI=1S/C19H24N6O3/c1-13(9-10-14-7-5-4-6-8-14)22-23-18-20-16-15(25(18)11-12-28-3)17(26)21-19(27)24(16)2/h4-10,15-16H,11-12H2,1-3H3,(H,20,23)(H,21,26,27)/b10-9+,22-13+. The lowest BCUT2D eigenvalue weighted by Crippen LogP contribution is -2.64. The van der Waals surface area contributed by atoms with E-state index in [1.54, 1.807) is 19.1 Å². The molecule has 2 aliphatic heterocycles. The van der Waals surface area contributed by atoms with Crippen LogP contribution in [0.25, 0.3) is 6.08 Å². The first-order chi connectivity index (χ1) is 13.5. The Kier molecular flexibility index (Phi) is 6.05. The molecule has 1 saturated heterocycles. The zero-order valence-electron chi connectivity index (χ0n) is 16.1. The molecule has 148 valence electrons. The lowest BCUT2D eigenvalue weighted by atomic mass is 10.1. The lowest BCUT2D eigenvalue weighted by Gasteiger charge is -2.35. The topological polar surface area (TPSA) is 98.6 Å². The molecule has 1 fully saturated rings. The van der Waals surface area contributed by atoms with Gasteiger partial charge in [-0.05, 0) is 18.6 Å². The van der Waals surface area contributed by atoms with Crippen molar-refractivity contribution in [1.29, 1.82) is 0 Å². The fraction of sp³-hybridized carbons (Fsp3) is 0.368. The maximum atomic E-state index is 12.4. The maximum absolute atomic E-state index is 12.4. The number of hydrogen-bond acceptors (Lipinski definition) is 7. The molecule has 0 saturated carbocycles. The predicted molar refractivity (Wildman–Crippen MR) is 107 cm³/mol. The summed E-state index contributed by atoms with van der Waals surface area (Å²) in [5.74, 6) is 0.0469. The van der Waals surface area contributed by atoms with E-state index in [1.807, 2.05) is 49.4 Å². The number of fused-ring (bicyclic) bond motifs is 1. The number of rotatable bonds is 6. The van der Waals surface area contributed by atoms with Crippen molar-refractivity contribution in [3.63, 3.8) is 0 Å². The fourth-order valence-corrected chi connectivity index (χ4v) is 3.01. The van der Waals surface area contributed by atoms with Gasteiger partial charge in [-0.15, -0.1) is 0 Å². The molecular formula is C19H24N6O3. The Morgan fingerprint density at radius 3 is 2.82 bits per heavy atom. The van der Waals surface area contributed by atoms with Gasteiger partial charge in [0, 0.05) is 20.7 Å². The van der Waals surface area contributed by atoms with Crippen LogP contribution in [0.3, 0.4) is 0 Å². The number of ether oxygens (including phenoxy) is 1. The van der Waals surface area contributed by atoms with E-state index in [-0.39, 0.29) is 5.91 Å². The summed E-state index contributed by atoms with van der Waals surface area (Å²) < 4.78 is 5.14. The van der Waals surface area contributed by atoms with Crippen LogP contribution in [0, 0.1) is 0 Å². The molecule has 2 unspecified atom stereocenters. The molecule has 0 spiro atoms. The van der Waals surface area contributed by atoms with E-state index >= 15 is 0 Å². The number of imide groups is 1. The molecule has 0 radical (unpaired) electrons. The molecule has 2 aliphatic rings. The number of hydrazone groups is 1. The summed E-state index contributed by atoms with van der Waals surface area (Å²) in [6.45, 7) is 2.70. The second-order valence-electron chi connectivity index (χ2n) is 6.51. The van der Waals surface area contributed by atoms with Crippen LogP contribution in [-0.2, 0) is 9.53 Å². The van der Waals surface area contributed by atoms with E-state index in [0.29, 0.717) is 19.1 Å². The monoisotopic (exact) mass is 384 g/mol. The summed E-state index contributed by atoms with van der Waals surface area (Å²) in [6, 6.07) is 8.82. The first kappa shape index (κ1) is 19.6. The highest BCUT2D eigenvalue weighted by atomic mass is 16.5. The van der Waals surface area contributed by atoms with E-state index in [0.717, 1.165) is 11.3 Å². The van der Waals surface area contributed by atoms with Gasteiger partial charge in [0.05, 0.1) is 12.3 Å². The lowest BCUT2D eigenvalue weighted by molar-refractivity contribution is -0.127. The Labute approximate surface area is 163 Å². The molecule has 0 aliphatic carbocycles. The van der Waals surface area contributed by atoms with Crippen molar-refractivity contribution in [3.8, 4) is 0 Å². The molecule has 3 rings (SSSR count). The average molecular weight is 384 g/mol. The minimum atomic E-state index is -0.615. The van der Waals surface area contributed by atoms with Crippen molar-refractivity contribution in [3.05, 3.63) is 42.0 Å². The maximum Gasteiger partial charge on any atom is 0.325 e. The molecule has 2 N–H and O–H groups in total. The number of urea groups is 1. The van der Waals surface area contributed by atoms with E-state index in [9.17, 15) is 9.59 Å². The molecule has 1 aromatic rings. The first-order valence-corrected chi connectivity index (χ1v) is 8.95. The Bertz CT molecular complexity index is 820. The third-order valence-corrected chi connectivity index (χ3v) is 4.55. The normalized spacial score (nSPS) is 22.4. The van der Waals surface area contributed by atoms with Gasteiger partial charge < -0.3 is 14.5 Å². The summed E-state index contributed by atoms with van der Waals surface area (Å²) >= 11 is 0. The Morgan fingerprint density at radius 2 is 2.11 bits per heavy atom. The van der Waals surface area contributed by atoms with Crippen molar-refractivity contribution < 1.29 is 14.3 Å². The number of hydrogen-bond donors (Lipinski definition) is 2. The van der Waals surface area contributed by atoms with Crippen LogP contribution in [0.2, 0.25) is 0 Å². The highest BCUT2D eigenvalue weighted by Gasteiger charge is 2.48. The van der Waals surface area contributed by atoms with Crippen molar-refractivity contribution in [2.24, 2.45) is 10.1 Å². The van der Waals surface area contributed by atoms with Crippen LogP contribution < -0.4 is 10.7 Å². The number of methoxy groups -OCH3 is 1. The minimum Gasteiger partial charge on any atom is -0.383 e. The zero-order valence-corrected chi connectivity index (χ0v) is 16.1. The average Bonchev–Trinajstić information content (AvgIpc) is 3.07. The predicted octanol–water partition coefficient (Wildman–Crippen LogP) is 0.860. The molecule has 2 atom stereocenters. The molecule has 0 aromatic heterocycles. The minimum absolute atomic E-state index is 0.380. The summed E-state index contributed by atoms with van der Waals surface area (Å²) in [6.07, 6.45) is 3.24. The third-order valence-electron chi connectivity index (χ3n) is 4.55. The summed E-state index contributed by atoms with van der Waals surface area (Å²) in [5, 5.41) is 6.69. The molecule has 0 bridgehead atoms. The summed E-state index contributed by atoms with van der Waals surface area (Å²) in [4.78, 5) is 31.9. The van der Waals surface area contributed by atoms with Crippen LogP contribution in [0.4, 0.5) is 4.79 Å². The second-order valence-corrected chi connectivity index (χ2v) is 6.51. The summed E-state index contributed by atoms with van der Waals surface area (Å²) in [5.41, 5.74) is 4.74. The molecule has 9 heteroatoms. The number of carbonyl (C=O) groups excluding carboxylic acids is 2. The van der Waals surface area contributed by atoms with Crippen LogP contribution >= 0.6 is 0 Å². The van der Waals surface area contributed by atoms with Gasteiger partial charge in [0.15, 0.2) is 12.2 Å². The van der Waals surface area contributed by atoms with Crippen LogP contribution in [0.1, 0.15) is 12.5 Å². The number of benzene rings is 1. The van der Waals surface area contributed by atoms with E-state index < -0.39 is 18.2 Å². The number of nitrogens with one attached hydrogen (secondary N) is 2. The number of carbonyl (C=O) groups is 2. The quantitative estimate of drug-likeness (QED) is 0.560. The number of allylic oxidation sites excluding steroid dienone is 1. The van der Waals surface area contributed by atoms with Gasteiger partial charge in [-0.2, -0.15) is 5.10 Å². The molecule has 2 heterocycles. The molecule has 1 aromatic carbocycles. The number of amides is 3. The van der Waals surface area contributed by atoms with Crippen LogP contribution in [0.5, 0.6) is 0 Å². The van der Waals surface area contributed by atoms with Crippen LogP contribution in [-0.4, -0.2) is 72.9 Å². The second kappa shape index (κ2) is 8.66. The van der Waals surface area contributed by atoms with Gasteiger partial charge in [-0.1, -0.05) is 36.4 Å². The van der Waals surface area contributed by atoms with E-state index in [1.165, 1.54) is 4.90 Å². The fourth-order valence-electron chi connectivity index (χ4n) is 3.01. The van der Waals surface area contributed by atoms with Gasteiger partial charge in [0.2, 0.25) is 5.96 Å². The van der Waals surface area contributed by atoms with Crippen molar-refractivity contribution >= 4 is 29.7 Å². The largest absolute Gasteiger partial charge is 0.383 e. The van der Waals surface area contributed by atoms with E-state index in [4.69, 9.17) is 4.74 Å². The highest BCUT2D eigenvalue weighted by Crippen LogP contribution is 2.23. The summed E-state index contributed by atoms with van der Waals surface area (Å²) in [7, 11) is 3.20.